The quantitative estimate of drug-likeness (QED) is 0.687. The fourth-order valence-electron chi connectivity index (χ4n) is 3.86. The van der Waals surface area contributed by atoms with Crippen molar-refractivity contribution in [1.82, 2.24) is 9.55 Å². The molecule has 0 saturated heterocycles. The Morgan fingerprint density at radius 3 is 2.90 bits per heavy atom. The number of nitrogens with zero attached hydrogens (tertiary/aromatic N) is 2. The second-order valence-corrected chi connectivity index (χ2v) is 7.43. The van der Waals surface area contributed by atoms with E-state index in [2.05, 4.69) is 36.6 Å². The summed E-state index contributed by atoms with van der Waals surface area (Å²) < 4.78 is 2.39. The molecule has 1 fully saturated rings. The van der Waals surface area contributed by atoms with Gasteiger partial charge in [0.1, 0.15) is 5.82 Å². The van der Waals surface area contributed by atoms with Crippen LogP contribution in [-0.4, -0.2) is 9.55 Å². The molecule has 0 N–H and O–H groups in total. The van der Waals surface area contributed by atoms with E-state index in [4.69, 9.17) is 16.6 Å². The Bertz CT molecular complexity index is 629. The Morgan fingerprint density at radius 1 is 1.38 bits per heavy atom. The maximum absolute atomic E-state index is 6.40. The Kier molecular flexibility index (Phi) is 4.26. The molecule has 1 saturated carbocycles. The number of halogens is 1. The second kappa shape index (κ2) is 6.00. The van der Waals surface area contributed by atoms with Crippen molar-refractivity contribution in [2.75, 3.05) is 0 Å². The predicted molar refractivity (Wildman–Crippen MR) is 89.9 cm³/mol. The summed E-state index contributed by atoms with van der Waals surface area (Å²) in [6.45, 7) is 7.65. The molecule has 1 aromatic heterocycles. The minimum absolute atomic E-state index is 0.0437. The Morgan fingerprint density at radius 2 is 2.19 bits per heavy atom. The summed E-state index contributed by atoms with van der Waals surface area (Å²) in [4.78, 5) is 4.79. The van der Waals surface area contributed by atoms with Crippen LogP contribution in [0.1, 0.15) is 56.3 Å². The van der Waals surface area contributed by atoms with Crippen LogP contribution in [0, 0.1) is 18.8 Å². The van der Waals surface area contributed by atoms with Gasteiger partial charge in [0.15, 0.2) is 0 Å². The summed E-state index contributed by atoms with van der Waals surface area (Å²) >= 11 is 6.40. The second-order valence-electron chi connectivity index (χ2n) is 6.78. The van der Waals surface area contributed by atoms with Gasteiger partial charge in [-0.15, -0.1) is 11.6 Å². The molecule has 3 unspecified atom stereocenters. The van der Waals surface area contributed by atoms with E-state index < -0.39 is 0 Å². The van der Waals surface area contributed by atoms with Gasteiger partial charge in [0, 0.05) is 6.54 Å². The number of hydrogen-bond donors (Lipinski definition) is 0. The number of hydrogen-bond acceptors (Lipinski definition) is 1. The molecule has 3 heteroatoms. The summed E-state index contributed by atoms with van der Waals surface area (Å²) in [6.07, 6.45) is 5.43. The van der Waals surface area contributed by atoms with Crippen molar-refractivity contribution in [3.63, 3.8) is 0 Å². The molecule has 0 spiro atoms. The molecule has 0 radical (unpaired) electrons. The summed E-state index contributed by atoms with van der Waals surface area (Å²) in [5.41, 5.74) is 3.66. The van der Waals surface area contributed by atoms with Crippen LogP contribution in [0.5, 0.6) is 0 Å². The zero-order chi connectivity index (χ0) is 15.0. The van der Waals surface area contributed by atoms with E-state index in [1.54, 1.807) is 0 Å². The Labute approximate surface area is 132 Å². The first-order valence-corrected chi connectivity index (χ1v) is 8.59. The molecule has 21 heavy (non-hydrogen) atoms. The average Bonchev–Trinajstić information content (AvgIpc) is 2.79. The highest BCUT2D eigenvalue weighted by atomic mass is 35.5. The lowest BCUT2D eigenvalue weighted by molar-refractivity contribution is 0.257. The number of benzene rings is 1. The van der Waals surface area contributed by atoms with E-state index >= 15 is 0 Å². The molecule has 0 aliphatic heterocycles. The lowest BCUT2D eigenvalue weighted by Crippen LogP contribution is -2.20. The van der Waals surface area contributed by atoms with Crippen molar-refractivity contribution in [2.45, 2.75) is 58.4 Å². The van der Waals surface area contributed by atoms with Crippen LogP contribution < -0.4 is 0 Å². The number of imidazole rings is 1. The summed E-state index contributed by atoms with van der Waals surface area (Å²) in [6, 6.07) is 6.36. The van der Waals surface area contributed by atoms with Crippen LogP contribution in [-0.2, 0) is 6.54 Å². The summed E-state index contributed by atoms with van der Waals surface area (Å²) in [5, 5.41) is -0.0437. The van der Waals surface area contributed by atoms with Gasteiger partial charge in [-0.1, -0.05) is 31.9 Å². The summed E-state index contributed by atoms with van der Waals surface area (Å²) in [5.74, 6) is 2.65. The van der Waals surface area contributed by atoms with Crippen molar-refractivity contribution in [2.24, 2.45) is 11.8 Å². The van der Waals surface area contributed by atoms with Crippen molar-refractivity contribution in [3.8, 4) is 0 Å². The molecule has 1 aromatic carbocycles. The first-order valence-electron chi connectivity index (χ1n) is 8.16. The molecule has 0 amide bonds. The topological polar surface area (TPSA) is 17.8 Å². The van der Waals surface area contributed by atoms with Crippen LogP contribution in [0.2, 0.25) is 0 Å². The van der Waals surface area contributed by atoms with Gasteiger partial charge in [0.2, 0.25) is 0 Å². The first-order chi connectivity index (χ1) is 10.1. The fourth-order valence-corrected chi connectivity index (χ4v) is 4.02. The maximum atomic E-state index is 6.40. The number of para-hydroxylation sites is 1. The number of aryl methyl sites for hydroxylation is 1. The molecular weight excluding hydrogens is 280 g/mol. The number of alkyl halides is 1. The zero-order valence-electron chi connectivity index (χ0n) is 13.3. The van der Waals surface area contributed by atoms with E-state index in [0.717, 1.165) is 29.7 Å². The van der Waals surface area contributed by atoms with Crippen LogP contribution in [0.3, 0.4) is 0 Å². The van der Waals surface area contributed by atoms with Gasteiger partial charge in [-0.05, 0) is 50.2 Å². The largest absolute Gasteiger partial charge is 0.326 e. The lowest BCUT2D eigenvalue weighted by atomic mass is 9.82. The monoisotopic (exact) mass is 304 g/mol. The third-order valence-corrected chi connectivity index (χ3v) is 5.03. The van der Waals surface area contributed by atoms with E-state index in [0.29, 0.717) is 0 Å². The number of aromatic nitrogens is 2. The maximum Gasteiger partial charge on any atom is 0.127 e. The third kappa shape index (κ3) is 2.96. The van der Waals surface area contributed by atoms with Gasteiger partial charge in [0.05, 0.1) is 16.4 Å². The molecule has 2 aromatic rings. The Hall–Kier alpha value is -1.02. The highest BCUT2D eigenvalue weighted by Gasteiger charge is 2.23. The first kappa shape index (κ1) is 14.9. The molecule has 1 aliphatic rings. The highest BCUT2D eigenvalue weighted by Crippen LogP contribution is 2.33. The smallest absolute Gasteiger partial charge is 0.127 e. The number of fused-ring (bicyclic) bond motifs is 1. The molecule has 1 heterocycles. The Balaban J connectivity index is 2.00. The predicted octanol–water partition coefficient (Wildman–Crippen LogP) is 5.47. The van der Waals surface area contributed by atoms with Crippen LogP contribution >= 0.6 is 11.6 Å². The van der Waals surface area contributed by atoms with Crippen molar-refractivity contribution >= 4 is 22.6 Å². The molecule has 2 nitrogen and oxygen atoms in total. The SMILES string of the molecule is Cc1cccc2nc(C(C)Cl)n(CC3CCCC(C)C3)c12. The van der Waals surface area contributed by atoms with E-state index in [1.165, 1.54) is 36.8 Å². The van der Waals surface area contributed by atoms with Gasteiger partial charge in [-0.3, -0.25) is 0 Å². The van der Waals surface area contributed by atoms with Crippen LogP contribution in [0.4, 0.5) is 0 Å². The third-order valence-electron chi connectivity index (χ3n) is 4.84. The summed E-state index contributed by atoms with van der Waals surface area (Å²) in [7, 11) is 0. The molecule has 3 atom stereocenters. The number of rotatable bonds is 3. The van der Waals surface area contributed by atoms with Gasteiger partial charge in [0.25, 0.3) is 0 Å². The van der Waals surface area contributed by atoms with E-state index in [9.17, 15) is 0 Å². The van der Waals surface area contributed by atoms with Crippen LogP contribution in [0.25, 0.3) is 11.0 Å². The van der Waals surface area contributed by atoms with E-state index in [-0.39, 0.29) is 5.38 Å². The zero-order valence-corrected chi connectivity index (χ0v) is 14.0. The molecule has 3 rings (SSSR count). The highest BCUT2D eigenvalue weighted by molar-refractivity contribution is 6.20. The van der Waals surface area contributed by atoms with Crippen molar-refractivity contribution in [3.05, 3.63) is 29.6 Å². The lowest BCUT2D eigenvalue weighted by Gasteiger charge is -2.28. The van der Waals surface area contributed by atoms with Crippen LogP contribution in [0.15, 0.2) is 18.2 Å². The average molecular weight is 305 g/mol. The molecule has 114 valence electrons. The van der Waals surface area contributed by atoms with Crippen molar-refractivity contribution < 1.29 is 0 Å². The minimum Gasteiger partial charge on any atom is -0.326 e. The standard InChI is InChI=1S/C18H25ClN2/c1-12-6-4-8-15(10-12)11-21-17-13(2)7-5-9-16(17)20-18(21)14(3)19/h5,7,9,12,14-15H,4,6,8,10-11H2,1-3H3. The van der Waals surface area contributed by atoms with E-state index in [1.807, 2.05) is 6.92 Å². The fraction of sp³-hybridized carbons (Fsp3) is 0.611. The van der Waals surface area contributed by atoms with Gasteiger partial charge in [-0.25, -0.2) is 4.98 Å². The molecule has 1 aliphatic carbocycles. The van der Waals surface area contributed by atoms with Crippen molar-refractivity contribution in [1.29, 1.82) is 0 Å². The molecular formula is C18H25ClN2. The normalized spacial score (nSPS) is 24.4. The molecule has 0 bridgehead atoms. The van der Waals surface area contributed by atoms with Gasteiger partial charge < -0.3 is 4.57 Å². The minimum atomic E-state index is -0.0437. The van der Waals surface area contributed by atoms with Gasteiger partial charge in [-0.2, -0.15) is 0 Å². The van der Waals surface area contributed by atoms with Gasteiger partial charge >= 0.3 is 0 Å².